The van der Waals surface area contributed by atoms with Crippen LogP contribution in [0.15, 0.2) is 18.3 Å². The molecule has 0 radical (unpaired) electrons. The van der Waals surface area contributed by atoms with E-state index in [4.69, 9.17) is 72.2 Å². The number of likely N-dealkylation sites (N-methyl/N-ethyl adjacent to an activating group) is 1. The number of hydrogen-bond acceptors (Lipinski definition) is 9. The molecule has 210 valence electrons. The highest BCUT2D eigenvalue weighted by atomic mass is 35.5. The zero-order valence-electron chi connectivity index (χ0n) is 22.4. The van der Waals surface area contributed by atoms with Gasteiger partial charge in [-0.05, 0) is 70.4 Å². The Morgan fingerprint density at radius 3 is 1.63 bits per heavy atom. The number of aromatic nitrogens is 2. The van der Waals surface area contributed by atoms with Gasteiger partial charge in [0.15, 0.2) is 0 Å². The molecule has 13 heteroatoms. The van der Waals surface area contributed by atoms with Crippen LogP contribution in [-0.4, -0.2) is 88.6 Å². The second-order valence-corrected chi connectivity index (χ2v) is 9.70. The standard InChI is InChI=1S/C10H9Cl2N3.C7H4Cl2N2.C5H13NO2.C3H8O/c1-15(2)4-3-7-5-9(11)14-10(12)8(7)6-13;1-4-2-6(8)11-7(9)5(4)3-10;1-6(2)5(3-7)4-8;1-3(2)4/h3-5H,1-2H3;2H,1H3;5,7-8H,3-4H2,1-2H3;3-4H,1-2H3/b4-3+;;;. The molecule has 0 spiro atoms. The molecule has 0 aliphatic rings. The molecule has 0 aliphatic heterocycles. The zero-order valence-corrected chi connectivity index (χ0v) is 25.4. The summed E-state index contributed by atoms with van der Waals surface area (Å²) in [4.78, 5) is 11.1. The summed E-state index contributed by atoms with van der Waals surface area (Å²) in [6.07, 6.45) is 3.40. The Morgan fingerprint density at radius 2 is 1.32 bits per heavy atom. The van der Waals surface area contributed by atoms with Crippen molar-refractivity contribution in [3.05, 3.63) is 61.2 Å². The molecule has 0 fully saturated rings. The van der Waals surface area contributed by atoms with Crippen LogP contribution in [0, 0.1) is 29.6 Å². The van der Waals surface area contributed by atoms with Crippen LogP contribution < -0.4 is 0 Å². The summed E-state index contributed by atoms with van der Waals surface area (Å²) in [5.41, 5.74) is 2.13. The molecule has 9 nitrogen and oxygen atoms in total. The van der Waals surface area contributed by atoms with Gasteiger partial charge in [-0.15, -0.1) is 0 Å². The lowest BCUT2D eigenvalue weighted by molar-refractivity contribution is 0.108. The van der Waals surface area contributed by atoms with Crippen LogP contribution in [0.25, 0.3) is 6.08 Å². The van der Waals surface area contributed by atoms with Crippen LogP contribution in [0.1, 0.15) is 36.1 Å². The maximum absolute atomic E-state index is 8.89. The fraction of sp³-hybridized carbons (Fsp3) is 0.440. The number of aliphatic hydroxyl groups excluding tert-OH is 3. The van der Waals surface area contributed by atoms with E-state index in [1.54, 1.807) is 43.9 Å². The molecule has 0 atom stereocenters. The minimum atomic E-state index is -0.167. The minimum Gasteiger partial charge on any atom is -0.395 e. The average Bonchev–Trinajstić information content (AvgIpc) is 2.78. The molecule has 0 unspecified atom stereocenters. The summed E-state index contributed by atoms with van der Waals surface area (Å²) in [7, 11) is 7.40. The lowest BCUT2D eigenvalue weighted by atomic mass is 10.1. The Balaban J connectivity index is 0. The summed E-state index contributed by atoms with van der Waals surface area (Å²) in [6, 6.07) is 7.03. The zero-order chi connectivity index (χ0) is 30.0. The highest BCUT2D eigenvalue weighted by Gasteiger charge is 2.08. The van der Waals surface area contributed by atoms with Crippen LogP contribution in [0.4, 0.5) is 0 Å². The van der Waals surface area contributed by atoms with Gasteiger partial charge in [0.2, 0.25) is 0 Å². The van der Waals surface area contributed by atoms with Crippen LogP contribution in [0.5, 0.6) is 0 Å². The van der Waals surface area contributed by atoms with E-state index in [1.807, 2.05) is 51.4 Å². The molecular formula is C25H34Cl4N6O3. The predicted octanol–water partition coefficient (Wildman–Crippen LogP) is 4.65. The number of nitrogens with zero attached hydrogens (tertiary/aromatic N) is 6. The van der Waals surface area contributed by atoms with Gasteiger partial charge in [-0.25, -0.2) is 9.97 Å². The number of aliphatic hydroxyl groups is 3. The Kier molecular flexibility index (Phi) is 20.7. The van der Waals surface area contributed by atoms with Gasteiger partial charge in [0.25, 0.3) is 0 Å². The second kappa shape index (κ2) is 20.7. The number of aryl methyl sites for hydroxylation is 1. The van der Waals surface area contributed by atoms with Crippen LogP contribution in [0.2, 0.25) is 20.6 Å². The van der Waals surface area contributed by atoms with E-state index in [0.29, 0.717) is 21.8 Å². The van der Waals surface area contributed by atoms with Gasteiger partial charge in [0, 0.05) is 20.2 Å². The Morgan fingerprint density at radius 1 is 0.895 bits per heavy atom. The second-order valence-electron chi connectivity index (χ2n) is 8.21. The summed E-state index contributed by atoms with van der Waals surface area (Å²) >= 11 is 22.7. The normalized spacial score (nSPS) is 10.1. The van der Waals surface area contributed by atoms with E-state index in [0.717, 1.165) is 5.56 Å². The van der Waals surface area contributed by atoms with Crippen LogP contribution >= 0.6 is 46.4 Å². The lowest BCUT2D eigenvalue weighted by Gasteiger charge is -2.18. The maximum Gasteiger partial charge on any atom is 0.149 e. The van der Waals surface area contributed by atoms with Gasteiger partial charge in [0.05, 0.1) is 30.4 Å². The van der Waals surface area contributed by atoms with Gasteiger partial charge in [-0.1, -0.05) is 46.4 Å². The van der Waals surface area contributed by atoms with Crippen molar-refractivity contribution in [2.75, 3.05) is 41.4 Å². The van der Waals surface area contributed by atoms with Gasteiger partial charge in [-0.2, -0.15) is 10.5 Å². The monoisotopic (exact) mass is 606 g/mol. The maximum atomic E-state index is 8.89. The first kappa shape index (κ1) is 38.0. The highest BCUT2D eigenvalue weighted by Crippen LogP contribution is 2.22. The van der Waals surface area contributed by atoms with E-state index in [9.17, 15) is 0 Å². The van der Waals surface area contributed by atoms with E-state index >= 15 is 0 Å². The third-order valence-corrected chi connectivity index (χ3v) is 4.98. The Hall–Kier alpha value is -2.18. The van der Waals surface area contributed by atoms with Gasteiger partial charge >= 0.3 is 0 Å². The quantitative estimate of drug-likeness (QED) is 0.414. The first-order valence-electron chi connectivity index (χ1n) is 11.0. The summed E-state index contributed by atoms with van der Waals surface area (Å²) in [5, 5.41) is 43.4. The first-order chi connectivity index (χ1) is 17.6. The van der Waals surface area contributed by atoms with Gasteiger partial charge in [-0.3, -0.25) is 0 Å². The molecule has 3 N–H and O–H groups in total. The highest BCUT2D eigenvalue weighted by molar-refractivity contribution is 6.33. The van der Waals surface area contributed by atoms with Crippen molar-refractivity contribution in [1.82, 2.24) is 19.8 Å². The smallest absolute Gasteiger partial charge is 0.149 e. The average molecular weight is 608 g/mol. The van der Waals surface area contributed by atoms with Crippen molar-refractivity contribution in [2.45, 2.75) is 32.9 Å². The van der Waals surface area contributed by atoms with E-state index < -0.39 is 0 Å². The van der Waals surface area contributed by atoms with Crippen LogP contribution in [-0.2, 0) is 0 Å². The Bertz CT molecular complexity index is 1070. The van der Waals surface area contributed by atoms with Crippen molar-refractivity contribution in [1.29, 1.82) is 10.5 Å². The van der Waals surface area contributed by atoms with Gasteiger partial charge < -0.3 is 25.1 Å². The number of nitriles is 2. The minimum absolute atomic E-state index is 0.0174. The summed E-state index contributed by atoms with van der Waals surface area (Å²) < 4.78 is 0. The number of rotatable bonds is 5. The molecule has 2 heterocycles. The molecule has 0 saturated heterocycles. The van der Waals surface area contributed by atoms with Crippen molar-refractivity contribution >= 4 is 52.5 Å². The fourth-order valence-corrected chi connectivity index (χ4v) is 3.15. The molecule has 2 rings (SSSR count). The summed E-state index contributed by atoms with van der Waals surface area (Å²) in [6.45, 7) is 5.24. The molecule has 2 aromatic rings. The van der Waals surface area contributed by atoms with Crippen molar-refractivity contribution in [2.24, 2.45) is 0 Å². The van der Waals surface area contributed by atoms with Crippen molar-refractivity contribution in [3.8, 4) is 12.1 Å². The topological polar surface area (TPSA) is 141 Å². The van der Waals surface area contributed by atoms with Crippen LogP contribution in [0.3, 0.4) is 0 Å². The van der Waals surface area contributed by atoms with E-state index in [-0.39, 0.29) is 40.8 Å². The molecule has 0 aliphatic carbocycles. The number of hydrogen-bond donors (Lipinski definition) is 3. The molecule has 0 bridgehead atoms. The molecular weight excluding hydrogens is 574 g/mol. The lowest BCUT2D eigenvalue weighted by Crippen LogP contribution is -2.34. The molecule has 0 amide bonds. The molecule has 0 saturated carbocycles. The predicted molar refractivity (Wildman–Crippen MR) is 154 cm³/mol. The molecule has 2 aromatic heterocycles. The van der Waals surface area contributed by atoms with E-state index in [2.05, 4.69) is 9.97 Å². The largest absolute Gasteiger partial charge is 0.395 e. The summed E-state index contributed by atoms with van der Waals surface area (Å²) in [5.74, 6) is 0. The molecule has 38 heavy (non-hydrogen) atoms. The number of halogens is 4. The first-order valence-corrected chi connectivity index (χ1v) is 12.6. The van der Waals surface area contributed by atoms with E-state index in [1.165, 1.54) is 0 Å². The Labute approximate surface area is 245 Å². The fourth-order valence-electron chi connectivity index (χ4n) is 2.09. The van der Waals surface area contributed by atoms with Gasteiger partial charge in [0.1, 0.15) is 32.8 Å². The third kappa shape index (κ3) is 16.6. The molecule has 0 aromatic carbocycles. The third-order valence-electron chi connectivity index (χ3n) is 4.04. The SMILES string of the molecule is CC(C)O.CN(C)/C=C/c1cc(Cl)nc(Cl)c1C#N.CN(C)C(CO)CO.Cc1cc(Cl)nc(Cl)c1C#N. The van der Waals surface area contributed by atoms with Crippen molar-refractivity contribution in [3.63, 3.8) is 0 Å². The van der Waals surface area contributed by atoms with Crippen molar-refractivity contribution < 1.29 is 15.3 Å². The number of pyridine rings is 2.